The molecular weight excluding hydrogens is 260 g/mol. The minimum absolute atomic E-state index is 0.0583. The number of nitrogens with zero attached hydrogens (tertiary/aromatic N) is 1. The zero-order chi connectivity index (χ0) is 11.3. The molecule has 0 aliphatic heterocycles. The van der Waals surface area contributed by atoms with Gasteiger partial charge in [0.15, 0.2) is 6.29 Å². The number of ether oxygens (including phenoxy) is 2. The molecule has 0 saturated carbocycles. The average molecular weight is 275 g/mol. The Morgan fingerprint density at radius 1 is 1.33 bits per heavy atom. The van der Waals surface area contributed by atoms with Gasteiger partial charge >= 0.3 is 0 Å². The lowest BCUT2D eigenvalue weighted by Crippen LogP contribution is -2.33. The molecule has 1 unspecified atom stereocenters. The van der Waals surface area contributed by atoms with Crippen LogP contribution in [0.4, 0.5) is 5.69 Å². The van der Waals surface area contributed by atoms with Crippen LogP contribution in [0.15, 0.2) is 22.9 Å². The summed E-state index contributed by atoms with van der Waals surface area (Å²) in [6.07, 6.45) is 1.48. The Morgan fingerprint density at radius 2 is 2.00 bits per heavy atom. The molecule has 4 nitrogen and oxygen atoms in total. The molecule has 1 N–H and O–H groups in total. The van der Waals surface area contributed by atoms with Crippen molar-refractivity contribution >= 4 is 21.6 Å². The Hall–Kier alpha value is -0.650. The van der Waals surface area contributed by atoms with Crippen LogP contribution in [0.5, 0.6) is 0 Å². The fourth-order valence-corrected chi connectivity index (χ4v) is 1.53. The number of anilines is 1. The van der Waals surface area contributed by atoms with Crippen LogP contribution in [0.2, 0.25) is 0 Å². The zero-order valence-corrected chi connectivity index (χ0v) is 10.6. The Balaban J connectivity index is 2.57. The van der Waals surface area contributed by atoms with Crippen LogP contribution in [-0.2, 0) is 9.47 Å². The van der Waals surface area contributed by atoms with Gasteiger partial charge in [0.05, 0.1) is 17.9 Å². The highest BCUT2D eigenvalue weighted by molar-refractivity contribution is 9.10. The van der Waals surface area contributed by atoms with E-state index in [0.29, 0.717) is 0 Å². The van der Waals surface area contributed by atoms with Crippen molar-refractivity contribution in [3.05, 3.63) is 22.9 Å². The number of nitrogens with one attached hydrogen (secondary N) is 1. The van der Waals surface area contributed by atoms with Crippen molar-refractivity contribution in [2.75, 3.05) is 19.5 Å². The van der Waals surface area contributed by atoms with E-state index in [0.717, 1.165) is 10.3 Å². The molecule has 15 heavy (non-hydrogen) atoms. The third-order valence-corrected chi connectivity index (χ3v) is 2.46. The number of hydrogen-bond acceptors (Lipinski definition) is 4. The van der Waals surface area contributed by atoms with Crippen molar-refractivity contribution in [1.29, 1.82) is 0 Å². The van der Waals surface area contributed by atoms with Gasteiger partial charge in [0, 0.05) is 14.2 Å². The van der Waals surface area contributed by atoms with Gasteiger partial charge in [-0.15, -0.1) is 0 Å². The first-order valence-corrected chi connectivity index (χ1v) is 5.40. The molecule has 0 spiro atoms. The largest absolute Gasteiger partial charge is 0.376 e. The van der Waals surface area contributed by atoms with Crippen LogP contribution in [0, 0.1) is 0 Å². The maximum atomic E-state index is 5.14. The molecule has 1 heterocycles. The second-order valence-electron chi connectivity index (χ2n) is 3.14. The predicted molar refractivity (Wildman–Crippen MR) is 62.8 cm³/mol. The first-order valence-electron chi connectivity index (χ1n) is 4.61. The summed E-state index contributed by atoms with van der Waals surface area (Å²) in [5.74, 6) is 0. The molecule has 1 atom stereocenters. The molecule has 0 saturated heterocycles. The van der Waals surface area contributed by atoms with Crippen LogP contribution in [-0.4, -0.2) is 31.5 Å². The summed E-state index contributed by atoms with van der Waals surface area (Å²) in [5, 5.41) is 3.24. The Kier molecular flexibility index (Phi) is 5.01. The Morgan fingerprint density at radius 3 is 2.47 bits per heavy atom. The summed E-state index contributed by atoms with van der Waals surface area (Å²) < 4.78 is 11.1. The molecular formula is C10H15BrN2O2. The number of halogens is 1. The van der Waals surface area contributed by atoms with E-state index in [1.54, 1.807) is 20.4 Å². The molecule has 1 aromatic rings. The van der Waals surface area contributed by atoms with Gasteiger partial charge in [0.1, 0.15) is 4.60 Å². The van der Waals surface area contributed by atoms with E-state index < -0.39 is 0 Å². The second kappa shape index (κ2) is 6.05. The van der Waals surface area contributed by atoms with Crippen molar-refractivity contribution in [3.8, 4) is 0 Å². The highest BCUT2D eigenvalue weighted by atomic mass is 79.9. The van der Waals surface area contributed by atoms with Crippen molar-refractivity contribution in [2.24, 2.45) is 0 Å². The molecule has 0 aromatic carbocycles. The van der Waals surface area contributed by atoms with E-state index in [2.05, 4.69) is 26.2 Å². The normalized spacial score (nSPS) is 12.9. The number of aromatic nitrogens is 1. The molecule has 1 aromatic heterocycles. The molecule has 5 heteroatoms. The van der Waals surface area contributed by atoms with Crippen LogP contribution >= 0.6 is 15.9 Å². The van der Waals surface area contributed by atoms with Gasteiger partial charge in [0.25, 0.3) is 0 Å². The van der Waals surface area contributed by atoms with Gasteiger partial charge in [-0.25, -0.2) is 4.98 Å². The van der Waals surface area contributed by atoms with Gasteiger partial charge in [-0.05, 0) is 35.0 Å². The maximum Gasteiger partial charge on any atom is 0.176 e. The lowest BCUT2D eigenvalue weighted by atomic mass is 10.3. The Bertz CT molecular complexity index is 288. The first-order chi connectivity index (χ1) is 7.17. The van der Waals surface area contributed by atoms with Crippen LogP contribution in [0.3, 0.4) is 0 Å². The maximum absolute atomic E-state index is 5.14. The molecule has 0 aliphatic rings. The number of rotatable bonds is 5. The lowest BCUT2D eigenvalue weighted by Gasteiger charge is -2.22. The molecule has 0 aliphatic carbocycles. The summed E-state index contributed by atoms with van der Waals surface area (Å²) in [4.78, 5) is 4.12. The topological polar surface area (TPSA) is 43.4 Å². The summed E-state index contributed by atoms with van der Waals surface area (Å²) in [7, 11) is 3.23. The lowest BCUT2D eigenvalue weighted by molar-refractivity contribution is -0.109. The molecule has 0 fully saturated rings. The van der Waals surface area contributed by atoms with E-state index in [1.165, 1.54) is 0 Å². The van der Waals surface area contributed by atoms with Crippen molar-refractivity contribution in [3.63, 3.8) is 0 Å². The van der Waals surface area contributed by atoms with E-state index in [4.69, 9.17) is 9.47 Å². The smallest absolute Gasteiger partial charge is 0.176 e. The highest BCUT2D eigenvalue weighted by Gasteiger charge is 2.15. The summed E-state index contributed by atoms with van der Waals surface area (Å²) >= 11 is 3.28. The van der Waals surface area contributed by atoms with Crippen molar-refractivity contribution in [1.82, 2.24) is 4.98 Å². The van der Waals surface area contributed by atoms with Gasteiger partial charge in [-0.3, -0.25) is 0 Å². The van der Waals surface area contributed by atoms with Crippen LogP contribution in [0.1, 0.15) is 6.92 Å². The van der Waals surface area contributed by atoms with E-state index in [-0.39, 0.29) is 12.3 Å². The molecule has 84 valence electrons. The minimum atomic E-state index is -0.270. The highest BCUT2D eigenvalue weighted by Crippen LogP contribution is 2.13. The van der Waals surface area contributed by atoms with Crippen LogP contribution < -0.4 is 5.32 Å². The quantitative estimate of drug-likeness (QED) is 0.661. The molecule has 1 rings (SSSR count). The van der Waals surface area contributed by atoms with Gasteiger partial charge in [-0.1, -0.05) is 0 Å². The first kappa shape index (κ1) is 12.4. The summed E-state index contributed by atoms with van der Waals surface area (Å²) in [6, 6.07) is 3.88. The summed E-state index contributed by atoms with van der Waals surface area (Å²) in [6.45, 7) is 1.99. The average Bonchev–Trinajstić information content (AvgIpc) is 2.23. The van der Waals surface area contributed by atoms with E-state index in [1.807, 2.05) is 19.1 Å². The standard InChI is InChI=1S/C10H15BrN2O2/c1-7(10(14-2)15-3)13-8-4-5-9(11)12-6-8/h4-7,10,13H,1-3H3. The zero-order valence-electron chi connectivity index (χ0n) is 9.03. The summed E-state index contributed by atoms with van der Waals surface area (Å²) in [5.41, 5.74) is 0.935. The monoisotopic (exact) mass is 274 g/mol. The molecule has 0 amide bonds. The fraction of sp³-hybridized carbons (Fsp3) is 0.500. The van der Waals surface area contributed by atoms with Gasteiger partial charge in [0.2, 0.25) is 0 Å². The van der Waals surface area contributed by atoms with E-state index in [9.17, 15) is 0 Å². The second-order valence-corrected chi connectivity index (χ2v) is 3.95. The Labute approximate surface area is 98.1 Å². The van der Waals surface area contributed by atoms with Crippen molar-refractivity contribution in [2.45, 2.75) is 19.3 Å². The number of methoxy groups -OCH3 is 2. The van der Waals surface area contributed by atoms with Gasteiger partial charge < -0.3 is 14.8 Å². The minimum Gasteiger partial charge on any atom is -0.376 e. The van der Waals surface area contributed by atoms with Gasteiger partial charge in [-0.2, -0.15) is 0 Å². The molecule has 0 radical (unpaired) electrons. The predicted octanol–water partition coefficient (Wildman–Crippen LogP) is 2.26. The number of hydrogen-bond donors (Lipinski definition) is 1. The van der Waals surface area contributed by atoms with Crippen molar-refractivity contribution < 1.29 is 9.47 Å². The third kappa shape index (κ3) is 3.77. The van der Waals surface area contributed by atoms with Crippen LogP contribution in [0.25, 0.3) is 0 Å². The van der Waals surface area contributed by atoms with E-state index >= 15 is 0 Å². The SMILES string of the molecule is COC(OC)C(C)Nc1ccc(Br)nc1. The number of pyridine rings is 1. The fourth-order valence-electron chi connectivity index (χ4n) is 1.30. The third-order valence-electron chi connectivity index (χ3n) is 1.99. The molecule has 0 bridgehead atoms.